The quantitative estimate of drug-likeness (QED) is 0.568. The van der Waals surface area contributed by atoms with Crippen molar-refractivity contribution >= 4 is 17.3 Å². The summed E-state index contributed by atoms with van der Waals surface area (Å²) >= 11 is 0. The van der Waals surface area contributed by atoms with Crippen LogP contribution in [0.2, 0.25) is 0 Å². The molecule has 0 bridgehead atoms. The van der Waals surface area contributed by atoms with Crippen molar-refractivity contribution in [2.75, 3.05) is 5.32 Å². The van der Waals surface area contributed by atoms with Gasteiger partial charge in [0.15, 0.2) is 0 Å². The average molecular weight is 209 g/mol. The number of nitro benzene ring substituents is 1. The second-order valence-electron chi connectivity index (χ2n) is 3.04. The Kier molecular flexibility index (Phi) is 3.22. The highest BCUT2D eigenvalue weighted by atomic mass is 16.6. The zero-order valence-corrected chi connectivity index (χ0v) is 8.14. The zero-order valence-electron chi connectivity index (χ0n) is 8.14. The molecule has 3 N–H and O–H groups in total. The molecule has 0 aliphatic heterocycles. The molecule has 0 aliphatic rings. The van der Waals surface area contributed by atoms with Crippen molar-refractivity contribution in [2.24, 2.45) is 5.73 Å². The van der Waals surface area contributed by atoms with Crippen LogP contribution in [0, 0.1) is 10.1 Å². The number of nitro groups is 1. The largest absolute Gasteiger partial charge is 0.368 e. The lowest BCUT2D eigenvalue weighted by molar-refractivity contribution is -0.384. The monoisotopic (exact) mass is 209 g/mol. The van der Waals surface area contributed by atoms with Crippen molar-refractivity contribution in [3.05, 3.63) is 34.4 Å². The third-order valence-electron chi connectivity index (χ3n) is 1.90. The van der Waals surface area contributed by atoms with Gasteiger partial charge in [-0.25, -0.2) is 0 Å². The molecule has 0 aromatic heterocycles. The van der Waals surface area contributed by atoms with E-state index in [1.807, 2.05) is 0 Å². The minimum absolute atomic E-state index is 0.0781. The Morgan fingerprint density at radius 1 is 1.53 bits per heavy atom. The van der Waals surface area contributed by atoms with Gasteiger partial charge in [-0.3, -0.25) is 14.9 Å². The van der Waals surface area contributed by atoms with Gasteiger partial charge in [0, 0.05) is 6.07 Å². The number of hydrogen-bond donors (Lipinski definition) is 2. The van der Waals surface area contributed by atoms with Crippen molar-refractivity contribution in [1.82, 2.24) is 0 Å². The molecule has 1 atom stereocenters. The topological polar surface area (TPSA) is 98.3 Å². The summed E-state index contributed by atoms with van der Waals surface area (Å²) in [5, 5.41) is 13.3. The Morgan fingerprint density at radius 3 is 2.67 bits per heavy atom. The molecule has 1 amide bonds. The fourth-order valence-electron chi connectivity index (χ4n) is 1.06. The molecule has 1 unspecified atom stereocenters. The number of benzene rings is 1. The molecule has 0 saturated carbocycles. The third kappa shape index (κ3) is 2.67. The van der Waals surface area contributed by atoms with Crippen molar-refractivity contribution < 1.29 is 9.72 Å². The van der Waals surface area contributed by atoms with Gasteiger partial charge >= 0.3 is 0 Å². The van der Waals surface area contributed by atoms with Gasteiger partial charge in [-0.1, -0.05) is 12.1 Å². The predicted octanol–water partition coefficient (Wildman–Crippen LogP) is 0.880. The van der Waals surface area contributed by atoms with Crippen molar-refractivity contribution in [3.63, 3.8) is 0 Å². The van der Waals surface area contributed by atoms with Gasteiger partial charge in [-0.15, -0.1) is 0 Å². The fraction of sp³-hybridized carbons (Fsp3) is 0.222. The van der Waals surface area contributed by atoms with Crippen LogP contribution in [-0.4, -0.2) is 16.9 Å². The number of rotatable bonds is 4. The van der Waals surface area contributed by atoms with Gasteiger partial charge in [-0.05, 0) is 13.0 Å². The van der Waals surface area contributed by atoms with Crippen LogP contribution in [0.1, 0.15) is 6.92 Å². The number of nitrogens with two attached hydrogens (primary N) is 1. The van der Waals surface area contributed by atoms with Crippen LogP contribution in [0.25, 0.3) is 0 Å². The lowest BCUT2D eigenvalue weighted by Crippen LogP contribution is -2.32. The van der Waals surface area contributed by atoms with Crippen LogP contribution in [0.3, 0.4) is 0 Å². The smallest absolute Gasteiger partial charge is 0.292 e. The van der Waals surface area contributed by atoms with E-state index in [0.29, 0.717) is 0 Å². The maximum atomic E-state index is 10.8. The minimum atomic E-state index is -0.647. The maximum absolute atomic E-state index is 10.8. The van der Waals surface area contributed by atoms with Gasteiger partial charge in [0.2, 0.25) is 5.91 Å². The molecule has 6 heteroatoms. The highest BCUT2D eigenvalue weighted by Crippen LogP contribution is 2.23. The number of para-hydroxylation sites is 2. The van der Waals surface area contributed by atoms with Gasteiger partial charge < -0.3 is 11.1 Å². The van der Waals surface area contributed by atoms with E-state index in [1.165, 1.54) is 12.1 Å². The lowest BCUT2D eigenvalue weighted by atomic mass is 10.2. The summed E-state index contributed by atoms with van der Waals surface area (Å²) in [5.41, 5.74) is 5.25. The van der Waals surface area contributed by atoms with Crippen molar-refractivity contribution in [1.29, 1.82) is 0 Å². The number of hydrogen-bond acceptors (Lipinski definition) is 4. The van der Waals surface area contributed by atoms with E-state index in [2.05, 4.69) is 5.32 Å². The first-order valence-corrected chi connectivity index (χ1v) is 4.31. The SMILES string of the molecule is CC(Nc1ccccc1[N+](=O)[O-])C(N)=O. The van der Waals surface area contributed by atoms with Crippen LogP contribution in [-0.2, 0) is 4.79 Å². The summed E-state index contributed by atoms with van der Waals surface area (Å²) in [6, 6.07) is 5.43. The summed E-state index contributed by atoms with van der Waals surface area (Å²) in [5.74, 6) is -0.562. The Labute approximate surface area is 86.2 Å². The predicted molar refractivity (Wildman–Crippen MR) is 55.4 cm³/mol. The molecule has 0 aliphatic carbocycles. The Hall–Kier alpha value is -2.11. The van der Waals surface area contributed by atoms with Gasteiger partial charge in [0.25, 0.3) is 5.69 Å². The first-order valence-electron chi connectivity index (χ1n) is 4.31. The number of nitrogens with one attached hydrogen (secondary N) is 1. The van der Waals surface area contributed by atoms with Gasteiger partial charge in [-0.2, -0.15) is 0 Å². The number of nitrogens with zero attached hydrogens (tertiary/aromatic N) is 1. The summed E-state index contributed by atoms with van der Waals surface area (Å²) in [7, 11) is 0. The zero-order chi connectivity index (χ0) is 11.4. The molecular formula is C9H11N3O3. The van der Waals surface area contributed by atoms with Gasteiger partial charge in [0.1, 0.15) is 11.7 Å². The number of carbonyl (C=O) groups excluding carboxylic acids is 1. The van der Waals surface area contributed by atoms with Crippen LogP contribution >= 0.6 is 0 Å². The van der Waals surface area contributed by atoms with E-state index in [9.17, 15) is 14.9 Å². The van der Waals surface area contributed by atoms with Crippen LogP contribution in [0.4, 0.5) is 11.4 Å². The molecule has 0 saturated heterocycles. The van der Waals surface area contributed by atoms with Gasteiger partial charge in [0.05, 0.1) is 4.92 Å². The molecule has 1 aromatic carbocycles. The molecule has 0 spiro atoms. The van der Waals surface area contributed by atoms with E-state index in [4.69, 9.17) is 5.73 Å². The molecule has 1 aromatic rings. The van der Waals surface area contributed by atoms with E-state index in [1.54, 1.807) is 19.1 Å². The Bertz CT molecular complexity index is 392. The highest BCUT2D eigenvalue weighted by molar-refractivity contribution is 5.83. The second-order valence-corrected chi connectivity index (χ2v) is 3.04. The lowest BCUT2D eigenvalue weighted by Gasteiger charge is -2.11. The molecule has 0 fully saturated rings. The van der Waals surface area contributed by atoms with E-state index < -0.39 is 16.9 Å². The molecule has 1 rings (SSSR count). The third-order valence-corrected chi connectivity index (χ3v) is 1.90. The number of amides is 1. The molecule has 6 nitrogen and oxygen atoms in total. The van der Waals surface area contributed by atoms with E-state index >= 15 is 0 Å². The summed E-state index contributed by atoms with van der Waals surface area (Å²) in [4.78, 5) is 20.9. The average Bonchev–Trinajstić information content (AvgIpc) is 2.18. The standard InChI is InChI=1S/C9H11N3O3/c1-6(9(10)13)11-7-4-2-3-5-8(7)12(14)15/h2-6,11H,1H3,(H2,10,13). The first-order chi connectivity index (χ1) is 7.02. The maximum Gasteiger partial charge on any atom is 0.292 e. The fourth-order valence-corrected chi connectivity index (χ4v) is 1.06. The number of anilines is 1. The normalized spacial score (nSPS) is 11.8. The number of carbonyl (C=O) groups is 1. The highest BCUT2D eigenvalue weighted by Gasteiger charge is 2.16. The Morgan fingerprint density at radius 2 is 2.13 bits per heavy atom. The van der Waals surface area contributed by atoms with Crippen LogP contribution in [0.5, 0.6) is 0 Å². The van der Waals surface area contributed by atoms with Crippen LogP contribution in [0.15, 0.2) is 24.3 Å². The first kappa shape index (κ1) is 11.0. The molecular weight excluding hydrogens is 198 g/mol. The molecule has 0 heterocycles. The second kappa shape index (κ2) is 4.41. The number of primary amides is 1. The molecule has 15 heavy (non-hydrogen) atoms. The molecule has 0 radical (unpaired) electrons. The van der Waals surface area contributed by atoms with E-state index in [0.717, 1.165) is 0 Å². The summed E-state index contributed by atoms with van der Waals surface area (Å²) < 4.78 is 0. The summed E-state index contributed by atoms with van der Waals surface area (Å²) in [6.07, 6.45) is 0. The minimum Gasteiger partial charge on any atom is -0.368 e. The summed E-state index contributed by atoms with van der Waals surface area (Å²) in [6.45, 7) is 1.54. The van der Waals surface area contributed by atoms with Crippen molar-refractivity contribution in [3.8, 4) is 0 Å². The van der Waals surface area contributed by atoms with E-state index in [-0.39, 0.29) is 11.4 Å². The molecule has 80 valence electrons. The van der Waals surface area contributed by atoms with Crippen LogP contribution < -0.4 is 11.1 Å². The Balaban J connectivity index is 2.94. The van der Waals surface area contributed by atoms with Crippen molar-refractivity contribution in [2.45, 2.75) is 13.0 Å².